The molecular formula is C28H20N2O8S2. The van der Waals surface area contributed by atoms with E-state index >= 15 is 0 Å². The first-order chi connectivity index (χ1) is 19.0. The number of carbonyl (C=O) groups is 6. The summed E-state index contributed by atoms with van der Waals surface area (Å²) < 4.78 is 29.4. The van der Waals surface area contributed by atoms with E-state index in [4.69, 9.17) is 0 Å². The van der Waals surface area contributed by atoms with Crippen molar-refractivity contribution in [2.24, 2.45) is 11.8 Å². The van der Waals surface area contributed by atoms with Crippen LogP contribution in [0.15, 0.2) is 70.5 Å². The van der Waals surface area contributed by atoms with Gasteiger partial charge in [-0.15, -0.1) is 0 Å². The molecule has 0 aromatic heterocycles. The first kappa shape index (κ1) is 27.2. The summed E-state index contributed by atoms with van der Waals surface area (Å²) >= 11 is 0. The van der Waals surface area contributed by atoms with Crippen LogP contribution in [0.25, 0.3) is 0 Å². The van der Waals surface area contributed by atoms with Crippen molar-refractivity contribution < 1.29 is 37.2 Å². The van der Waals surface area contributed by atoms with Crippen LogP contribution >= 0.6 is 0 Å². The van der Waals surface area contributed by atoms with Gasteiger partial charge in [-0.3, -0.25) is 38.2 Å². The van der Waals surface area contributed by atoms with Gasteiger partial charge < -0.3 is 0 Å². The van der Waals surface area contributed by atoms with Crippen molar-refractivity contribution >= 4 is 56.9 Å². The Morgan fingerprint density at radius 2 is 0.825 bits per heavy atom. The van der Waals surface area contributed by atoms with Crippen LogP contribution in [-0.4, -0.2) is 43.4 Å². The molecule has 2 amide bonds. The second kappa shape index (κ2) is 10.3. The minimum atomic E-state index is -2.04. The molecule has 202 valence electrons. The molecule has 0 radical (unpaired) electrons. The highest BCUT2D eigenvalue weighted by Gasteiger charge is 2.49. The summed E-state index contributed by atoms with van der Waals surface area (Å²) in [6.45, 7) is 3.65. The fraction of sp³-hybridized carbons (Fsp3) is 0.143. The lowest BCUT2D eigenvalue weighted by molar-refractivity contribution is -0.121. The van der Waals surface area contributed by atoms with E-state index in [1.807, 2.05) is 13.8 Å². The maximum Gasteiger partial charge on any atom is 0.250 e. The maximum atomic E-state index is 13.0. The van der Waals surface area contributed by atoms with Crippen molar-refractivity contribution in [1.82, 2.24) is 9.44 Å². The molecule has 2 N–H and O–H groups in total. The number of amides is 2. The summed E-state index contributed by atoms with van der Waals surface area (Å²) in [6.07, 6.45) is 0. The Kier molecular flexibility index (Phi) is 6.98. The van der Waals surface area contributed by atoms with E-state index in [0.717, 1.165) is 23.3 Å². The molecule has 0 spiro atoms. The molecule has 40 heavy (non-hydrogen) atoms. The van der Waals surface area contributed by atoms with E-state index < -0.39 is 68.8 Å². The standard InChI is InChI=1S/C28H20N2O8S2/c1-13-3-7-15(8-4-13)39(37)29-27(35)21-23(31)17-11-19-20(12-18(17)24(21)32)26(34)22(25(19)33)28(36)30-40(38)16-9-5-14(2)6-10-16/h3-12,21-22H,1-2H3,(H,29,35)(H,30,36). The van der Waals surface area contributed by atoms with Gasteiger partial charge in [0, 0.05) is 22.3 Å². The van der Waals surface area contributed by atoms with Gasteiger partial charge in [-0.2, -0.15) is 0 Å². The molecule has 5 rings (SSSR count). The Bertz CT molecular complexity index is 1530. The van der Waals surface area contributed by atoms with Crippen LogP contribution < -0.4 is 9.44 Å². The summed E-state index contributed by atoms with van der Waals surface area (Å²) in [4.78, 5) is 78.3. The largest absolute Gasteiger partial charge is 0.293 e. The normalized spacial score (nSPS) is 16.4. The van der Waals surface area contributed by atoms with Crippen molar-refractivity contribution in [3.63, 3.8) is 0 Å². The van der Waals surface area contributed by atoms with E-state index in [-0.39, 0.29) is 32.0 Å². The lowest BCUT2D eigenvalue weighted by atomic mass is 10.0. The molecule has 2 aliphatic rings. The molecule has 3 aromatic carbocycles. The summed E-state index contributed by atoms with van der Waals surface area (Å²) in [5.41, 5.74) is 0.789. The second-order valence-corrected chi connectivity index (χ2v) is 11.8. The van der Waals surface area contributed by atoms with Gasteiger partial charge in [0.1, 0.15) is 0 Å². The quantitative estimate of drug-likeness (QED) is 0.421. The lowest BCUT2D eigenvalue weighted by Crippen LogP contribution is -2.38. The highest BCUT2D eigenvalue weighted by atomic mass is 32.2. The molecule has 3 aromatic rings. The zero-order valence-corrected chi connectivity index (χ0v) is 22.6. The molecule has 12 heteroatoms. The smallest absolute Gasteiger partial charge is 0.250 e. The van der Waals surface area contributed by atoms with Gasteiger partial charge in [-0.05, 0) is 50.2 Å². The topological polar surface area (TPSA) is 161 Å². The van der Waals surface area contributed by atoms with Crippen molar-refractivity contribution in [1.29, 1.82) is 0 Å². The number of rotatable bonds is 6. The molecule has 0 saturated heterocycles. The Morgan fingerprint density at radius 1 is 0.550 bits per heavy atom. The number of aryl methyl sites for hydroxylation is 2. The Hall–Kier alpha value is -4.42. The number of hydrogen-bond acceptors (Lipinski definition) is 8. The number of fused-ring (bicyclic) bond motifs is 2. The van der Waals surface area contributed by atoms with Crippen LogP contribution in [0.4, 0.5) is 0 Å². The van der Waals surface area contributed by atoms with Crippen molar-refractivity contribution in [2.75, 3.05) is 0 Å². The van der Waals surface area contributed by atoms with Crippen molar-refractivity contribution in [2.45, 2.75) is 23.6 Å². The molecule has 0 aliphatic heterocycles. The molecule has 2 aliphatic carbocycles. The average molecular weight is 577 g/mol. The van der Waals surface area contributed by atoms with Crippen LogP contribution in [0.1, 0.15) is 52.6 Å². The highest BCUT2D eigenvalue weighted by Crippen LogP contribution is 2.35. The summed E-state index contributed by atoms with van der Waals surface area (Å²) in [7, 11) is -4.07. The lowest BCUT2D eigenvalue weighted by Gasteiger charge is -2.09. The minimum absolute atomic E-state index is 0.254. The van der Waals surface area contributed by atoms with Crippen molar-refractivity contribution in [3.05, 3.63) is 94.0 Å². The maximum absolute atomic E-state index is 13.0. The third kappa shape index (κ3) is 4.65. The number of nitrogens with one attached hydrogen (secondary N) is 2. The number of hydrogen-bond donors (Lipinski definition) is 2. The highest BCUT2D eigenvalue weighted by molar-refractivity contribution is 7.84. The third-order valence-electron chi connectivity index (χ3n) is 6.65. The first-order valence-electron chi connectivity index (χ1n) is 11.9. The fourth-order valence-electron chi connectivity index (χ4n) is 4.49. The first-order valence-corrected chi connectivity index (χ1v) is 14.2. The SMILES string of the molecule is Cc1ccc(S(=O)NC(=O)C2C(=O)c3cc4c(cc3C2=O)C(=O)C(C(=O)NS(=O)c2ccc(C)cc2)C4=O)cc1. The Balaban J connectivity index is 1.35. The monoisotopic (exact) mass is 576 g/mol. The van der Waals surface area contributed by atoms with E-state index in [9.17, 15) is 37.2 Å². The van der Waals surface area contributed by atoms with Gasteiger partial charge in [0.2, 0.25) is 0 Å². The average Bonchev–Trinajstić information content (AvgIpc) is 3.31. The molecule has 2 atom stereocenters. The molecule has 0 heterocycles. The van der Waals surface area contributed by atoms with Gasteiger partial charge in [0.05, 0.1) is 9.79 Å². The second-order valence-electron chi connectivity index (χ2n) is 9.36. The Labute approximate surface area is 232 Å². The van der Waals surface area contributed by atoms with Gasteiger partial charge in [0.15, 0.2) is 56.9 Å². The van der Waals surface area contributed by atoms with Gasteiger partial charge in [-0.25, -0.2) is 8.42 Å². The number of carbonyl (C=O) groups excluding carboxylic acids is 6. The molecule has 10 nitrogen and oxygen atoms in total. The predicted octanol–water partition coefficient (Wildman–Crippen LogP) is 1.97. The molecule has 0 fully saturated rings. The van der Waals surface area contributed by atoms with Gasteiger partial charge >= 0.3 is 0 Å². The summed E-state index contributed by atoms with van der Waals surface area (Å²) in [5.74, 6) is -9.53. The molecule has 0 saturated carbocycles. The fourth-order valence-corrected chi connectivity index (χ4v) is 6.10. The van der Waals surface area contributed by atoms with E-state index in [2.05, 4.69) is 9.44 Å². The van der Waals surface area contributed by atoms with E-state index in [1.54, 1.807) is 24.3 Å². The van der Waals surface area contributed by atoms with Crippen LogP contribution in [0.5, 0.6) is 0 Å². The number of Topliss-reactive ketones (excluding diaryl/α,β-unsaturated/α-hetero) is 4. The van der Waals surface area contributed by atoms with Crippen molar-refractivity contribution in [3.8, 4) is 0 Å². The summed E-state index contributed by atoms with van der Waals surface area (Å²) in [5, 5.41) is 0. The molecular weight excluding hydrogens is 556 g/mol. The van der Waals surface area contributed by atoms with Crippen LogP contribution in [-0.2, 0) is 31.6 Å². The van der Waals surface area contributed by atoms with Gasteiger partial charge in [0.25, 0.3) is 11.8 Å². The zero-order valence-electron chi connectivity index (χ0n) is 21.0. The number of benzene rings is 3. The van der Waals surface area contributed by atoms with Crippen LogP contribution in [0.2, 0.25) is 0 Å². The predicted molar refractivity (Wildman–Crippen MR) is 142 cm³/mol. The van der Waals surface area contributed by atoms with Gasteiger partial charge in [-0.1, -0.05) is 35.4 Å². The summed E-state index contributed by atoms with van der Waals surface area (Å²) in [6, 6.07) is 14.9. The Morgan fingerprint density at radius 3 is 1.10 bits per heavy atom. The molecule has 2 unspecified atom stereocenters. The zero-order chi connectivity index (χ0) is 28.9. The van der Waals surface area contributed by atoms with Crippen LogP contribution in [0.3, 0.4) is 0 Å². The molecule has 0 bridgehead atoms. The van der Waals surface area contributed by atoms with E-state index in [0.29, 0.717) is 0 Å². The minimum Gasteiger partial charge on any atom is -0.293 e. The van der Waals surface area contributed by atoms with E-state index in [1.165, 1.54) is 24.3 Å². The number of ketones is 4. The van der Waals surface area contributed by atoms with Crippen LogP contribution in [0, 0.1) is 25.7 Å². The third-order valence-corrected chi connectivity index (χ3v) is 8.82.